The number of likely N-dealkylation sites (tertiary alicyclic amines) is 1. The molecule has 2 N–H and O–H groups in total. The van der Waals surface area contributed by atoms with Crippen molar-refractivity contribution in [3.05, 3.63) is 23.8 Å². The Morgan fingerprint density at radius 3 is 2.56 bits per heavy atom. The quantitative estimate of drug-likeness (QED) is 0.770. The van der Waals surface area contributed by atoms with Crippen LogP contribution in [0.15, 0.2) is 18.2 Å². The summed E-state index contributed by atoms with van der Waals surface area (Å²) < 4.78 is 10.7. The van der Waals surface area contributed by atoms with E-state index in [9.17, 15) is 4.79 Å². The predicted molar refractivity (Wildman–Crippen MR) is 109 cm³/mol. The van der Waals surface area contributed by atoms with Crippen LogP contribution in [0, 0.1) is 5.92 Å². The zero-order valence-electron chi connectivity index (χ0n) is 16.5. The van der Waals surface area contributed by atoms with Crippen molar-refractivity contribution in [3.63, 3.8) is 0 Å². The van der Waals surface area contributed by atoms with E-state index in [-0.39, 0.29) is 30.3 Å². The molecule has 1 aromatic rings. The number of amides is 1. The number of nitrogens with one attached hydrogen (secondary N) is 2. The molecule has 1 aromatic carbocycles. The molecule has 2 fully saturated rings. The van der Waals surface area contributed by atoms with Gasteiger partial charge in [0.2, 0.25) is 5.91 Å². The van der Waals surface area contributed by atoms with Crippen molar-refractivity contribution in [1.29, 1.82) is 0 Å². The number of methoxy groups -OCH3 is 2. The number of benzene rings is 1. The van der Waals surface area contributed by atoms with E-state index in [4.69, 9.17) is 9.47 Å². The van der Waals surface area contributed by atoms with Gasteiger partial charge in [0.05, 0.1) is 14.2 Å². The Hall–Kier alpha value is -1.50. The minimum atomic E-state index is 0. The van der Waals surface area contributed by atoms with Crippen LogP contribution in [0.2, 0.25) is 0 Å². The van der Waals surface area contributed by atoms with Gasteiger partial charge in [-0.1, -0.05) is 0 Å². The normalized spacial score (nSPS) is 25.5. The highest BCUT2D eigenvalue weighted by atomic mass is 35.5. The van der Waals surface area contributed by atoms with Crippen LogP contribution in [0.25, 0.3) is 0 Å². The molecule has 0 spiro atoms. The summed E-state index contributed by atoms with van der Waals surface area (Å²) in [4.78, 5) is 14.9. The monoisotopic (exact) mass is 397 g/mol. The van der Waals surface area contributed by atoms with Crippen molar-refractivity contribution < 1.29 is 14.3 Å². The number of nitrogens with zero attached hydrogens (tertiary/aromatic N) is 1. The largest absolute Gasteiger partial charge is 0.497 e. The van der Waals surface area contributed by atoms with Gasteiger partial charge in [-0.25, -0.2) is 0 Å². The summed E-state index contributed by atoms with van der Waals surface area (Å²) in [6.07, 6.45) is 2.88. The molecule has 0 saturated carbocycles. The highest BCUT2D eigenvalue weighted by Crippen LogP contribution is 2.25. The molecule has 2 saturated heterocycles. The summed E-state index contributed by atoms with van der Waals surface area (Å²) in [5, 5.41) is 6.68. The van der Waals surface area contributed by atoms with Gasteiger partial charge in [-0.15, -0.1) is 12.4 Å². The highest BCUT2D eigenvalue weighted by molar-refractivity contribution is 5.85. The maximum absolute atomic E-state index is 12.5. The van der Waals surface area contributed by atoms with Gasteiger partial charge >= 0.3 is 0 Å². The fourth-order valence-corrected chi connectivity index (χ4v) is 4.00. The SMILES string of the molecule is COc1cc(CN2CCC(NC(=O)[C@H]3CCN[C@@H](C)C3)C2)cc(OC)c1.Cl. The van der Waals surface area contributed by atoms with Crippen molar-refractivity contribution in [2.75, 3.05) is 33.9 Å². The zero-order chi connectivity index (χ0) is 18.5. The molecule has 0 radical (unpaired) electrons. The second-order valence-corrected chi connectivity index (χ2v) is 7.53. The number of hydrogen-bond acceptors (Lipinski definition) is 5. The average molecular weight is 398 g/mol. The van der Waals surface area contributed by atoms with E-state index in [1.54, 1.807) is 14.2 Å². The third kappa shape index (κ3) is 5.99. The zero-order valence-corrected chi connectivity index (χ0v) is 17.3. The summed E-state index contributed by atoms with van der Waals surface area (Å²) >= 11 is 0. The van der Waals surface area contributed by atoms with Gasteiger partial charge in [0, 0.05) is 43.7 Å². The second-order valence-electron chi connectivity index (χ2n) is 7.53. The molecule has 1 amide bonds. The van der Waals surface area contributed by atoms with Crippen molar-refractivity contribution in [1.82, 2.24) is 15.5 Å². The van der Waals surface area contributed by atoms with Crippen molar-refractivity contribution in [2.45, 2.75) is 44.8 Å². The summed E-state index contributed by atoms with van der Waals surface area (Å²) in [5.74, 6) is 2.00. The van der Waals surface area contributed by atoms with E-state index >= 15 is 0 Å². The molecule has 0 aliphatic carbocycles. The van der Waals surface area contributed by atoms with Crippen molar-refractivity contribution in [2.24, 2.45) is 5.92 Å². The summed E-state index contributed by atoms with van der Waals surface area (Å²) in [6, 6.07) is 6.66. The number of carbonyl (C=O) groups excluding carboxylic acids is 1. The summed E-state index contributed by atoms with van der Waals surface area (Å²) in [5.41, 5.74) is 1.17. The molecule has 152 valence electrons. The second kappa shape index (κ2) is 10.2. The lowest BCUT2D eigenvalue weighted by Gasteiger charge is -2.28. The lowest BCUT2D eigenvalue weighted by atomic mass is 9.92. The Morgan fingerprint density at radius 2 is 1.93 bits per heavy atom. The van der Waals surface area contributed by atoms with Gasteiger partial charge in [0.25, 0.3) is 0 Å². The molecule has 6 nitrogen and oxygen atoms in total. The van der Waals surface area contributed by atoms with Crippen LogP contribution in [0.5, 0.6) is 11.5 Å². The lowest BCUT2D eigenvalue weighted by molar-refractivity contribution is -0.126. The van der Waals surface area contributed by atoms with E-state index in [0.29, 0.717) is 6.04 Å². The molecule has 3 atom stereocenters. The lowest BCUT2D eigenvalue weighted by Crippen LogP contribution is -2.45. The maximum Gasteiger partial charge on any atom is 0.223 e. The van der Waals surface area contributed by atoms with Crippen LogP contribution in [0.4, 0.5) is 0 Å². The predicted octanol–water partition coefficient (Wildman–Crippen LogP) is 2.20. The molecule has 0 bridgehead atoms. The molecule has 2 aliphatic heterocycles. The standard InChI is InChI=1S/C20H31N3O3.ClH/c1-14-8-16(4-6-21-14)20(24)22-17-5-7-23(13-17)12-15-9-18(25-2)11-19(10-15)26-3;/h9-11,14,16-17,21H,4-8,12-13H2,1-3H3,(H,22,24);1H/t14-,16-,17?;/m0./s1. The van der Waals surface area contributed by atoms with E-state index in [0.717, 1.165) is 56.9 Å². The number of rotatable bonds is 6. The smallest absolute Gasteiger partial charge is 0.223 e. The molecular formula is C20H32ClN3O3. The van der Waals surface area contributed by atoms with E-state index in [1.807, 2.05) is 18.2 Å². The van der Waals surface area contributed by atoms with Gasteiger partial charge in [0.15, 0.2) is 0 Å². The van der Waals surface area contributed by atoms with Crippen LogP contribution in [0.1, 0.15) is 31.7 Å². The Labute approximate surface area is 168 Å². The summed E-state index contributed by atoms with van der Waals surface area (Å²) in [6.45, 7) is 5.82. The third-order valence-corrected chi connectivity index (χ3v) is 5.43. The highest BCUT2D eigenvalue weighted by Gasteiger charge is 2.29. The molecule has 3 rings (SSSR count). The van der Waals surface area contributed by atoms with Crippen LogP contribution >= 0.6 is 12.4 Å². The first kappa shape index (κ1) is 21.8. The number of carbonyl (C=O) groups is 1. The fourth-order valence-electron chi connectivity index (χ4n) is 4.00. The molecular weight excluding hydrogens is 366 g/mol. The molecule has 2 heterocycles. The van der Waals surface area contributed by atoms with Crippen molar-refractivity contribution >= 4 is 18.3 Å². The molecule has 0 aromatic heterocycles. The fraction of sp³-hybridized carbons (Fsp3) is 0.650. The minimum absolute atomic E-state index is 0. The number of hydrogen-bond donors (Lipinski definition) is 2. The number of halogens is 1. The maximum atomic E-state index is 12.5. The molecule has 2 aliphatic rings. The van der Waals surface area contributed by atoms with Crippen LogP contribution < -0.4 is 20.1 Å². The number of piperidine rings is 1. The van der Waals surface area contributed by atoms with Crippen molar-refractivity contribution in [3.8, 4) is 11.5 Å². The third-order valence-electron chi connectivity index (χ3n) is 5.43. The van der Waals surface area contributed by atoms with Gasteiger partial charge in [-0.05, 0) is 50.4 Å². The van der Waals surface area contributed by atoms with E-state index in [2.05, 4.69) is 22.5 Å². The van der Waals surface area contributed by atoms with Gasteiger partial charge in [-0.2, -0.15) is 0 Å². The van der Waals surface area contributed by atoms with Gasteiger partial charge in [0.1, 0.15) is 11.5 Å². The van der Waals surface area contributed by atoms with Gasteiger partial charge < -0.3 is 20.1 Å². The first-order chi connectivity index (χ1) is 12.6. The Balaban J connectivity index is 0.00000261. The molecule has 1 unspecified atom stereocenters. The van der Waals surface area contributed by atoms with Gasteiger partial charge in [-0.3, -0.25) is 9.69 Å². The Morgan fingerprint density at radius 1 is 1.22 bits per heavy atom. The topological polar surface area (TPSA) is 62.8 Å². The molecule has 7 heteroatoms. The van der Waals surface area contributed by atoms with E-state index in [1.165, 1.54) is 5.56 Å². The van der Waals surface area contributed by atoms with Crippen LogP contribution in [0.3, 0.4) is 0 Å². The van der Waals surface area contributed by atoms with Crippen LogP contribution in [-0.4, -0.2) is 56.7 Å². The Bertz CT molecular complexity index is 606. The average Bonchev–Trinajstić information content (AvgIpc) is 3.08. The summed E-state index contributed by atoms with van der Waals surface area (Å²) in [7, 11) is 3.34. The van der Waals surface area contributed by atoms with E-state index < -0.39 is 0 Å². The van der Waals surface area contributed by atoms with Crippen LogP contribution in [-0.2, 0) is 11.3 Å². The molecule has 27 heavy (non-hydrogen) atoms. The number of ether oxygens (including phenoxy) is 2. The first-order valence-corrected chi connectivity index (χ1v) is 9.55. The Kier molecular flexibility index (Phi) is 8.20. The first-order valence-electron chi connectivity index (χ1n) is 9.55. The minimum Gasteiger partial charge on any atom is -0.497 e.